The Kier molecular flexibility index (Phi) is 3.85. The van der Waals surface area contributed by atoms with Gasteiger partial charge in [-0.1, -0.05) is 13.8 Å². The molecule has 1 saturated heterocycles. The van der Waals surface area contributed by atoms with Crippen LogP contribution in [-0.4, -0.2) is 41.0 Å². The van der Waals surface area contributed by atoms with Gasteiger partial charge in [-0.25, -0.2) is 9.97 Å². The molecule has 0 radical (unpaired) electrons. The van der Waals surface area contributed by atoms with Crippen LogP contribution in [0.4, 0.5) is 0 Å². The molecular weight excluding hydrogens is 200 g/mol. The van der Waals surface area contributed by atoms with Crippen LogP contribution in [0.25, 0.3) is 0 Å². The molecule has 1 aliphatic rings. The molecule has 0 bridgehead atoms. The van der Waals surface area contributed by atoms with Crippen molar-refractivity contribution < 1.29 is 0 Å². The summed E-state index contributed by atoms with van der Waals surface area (Å²) in [5.74, 6) is 1.44. The number of hydrogen-bond donors (Lipinski definition) is 1. The van der Waals surface area contributed by atoms with Gasteiger partial charge in [-0.3, -0.25) is 4.90 Å². The lowest BCUT2D eigenvalue weighted by Gasteiger charge is -2.26. The molecule has 0 aliphatic carbocycles. The van der Waals surface area contributed by atoms with Crippen LogP contribution in [0.3, 0.4) is 0 Å². The van der Waals surface area contributed by atoms with Crippen LogP contribution in [0.15, 0.2) is 12.4 Å². The minimum Gasteiger partial charge on any atom is -0.314 e. The van der Waals surface area contributed by atoms with E-state index in [4.69, 9.17) is 0 Å². The number of nitrogens with zero attached hydrogens (tertiary/aromatic N) is 3. The molecule has 1 aliphatic heterocycles. The van der Waals surface area contributed by atoms with Crippen molar-refractivity contribution in [1.82, 2.24) is 20.2 Å². The van der Waals surface area contributed by atoms with Gasteiger partial charge in [0.25, 0.3) is 0 Å². The Bertz CT molecular complexity index is 314. The molecule has 0 amide bonds. The second-order valence-electron chi connectivity index (χ2n) is 4.61. The topological polar surface area (TPSA) is 41.1 Å². The summed E-state index contributed by atoms with van der Waals surface area (Å²) in [7, 11) is 0. The molecule has 4 nitrogen and oxygen atoms in total. The molecule has 0 spiro atoms. The highest BCUT2D eigenvalue weighted by Crippen LogP contribution is 2.11. The van der Waals surface area contributed by atoms with E-state index in [1.54, 1.807) is 0 Å². The molecule has 1 aromatic rings. The average Bonchev–Trinajstić information content (AvgIpc) is 2.31. The minimum atomic E-state index is 0.508. The number of hydrogen-bond acceptors (Lipinski definition) is 4. The monoisotopic (exact) mass is 220 g/mol. The minimum absolute atomic E-state index is 0.508. The van der Waals surface area contributed by atoms with Crippen molar-refractivity contribution in [2.24, 2.45) is 0 Å². The van der Waals surface area contributed by atoms with Gasteiger partial charge in [0.1, 0.15) is 5.82 Å². The van der Waals surface area contributed by atoms with E-state index in [2.05, 4.69) is 34.0 Å². The standard InChI is InChI=1S/C12H20N4/c1-10(2)11-7-14-12(15-8-11)9-16-5-3-13-4-6-16/h7-8,10,13H,3-6,9H2,1-2H3. The Morgan fingerprint density at radius 3 is 2.44 bits per heavy atom. The molecule has 4 heteroatoms. The molecule has 0 saturated carbocycles. The summed E-state index contributed by atoms with van der Waals surface area (Å²) < 4.78 is 0. The molecule has 88 valence electrons. The predicted molar refractivity (Wildman–Crippen MR) is 64.3 cm³/mol. The van der Waals surface area contributed by atoms with Crippen LogP contribution < -0.4 is 5.32 Å². The third-order valence-corrected chi connectivity index (χ3v) is 2.97. The summed E-state index contributed by atoms with van der Waals surface area (Å²) in [4.78, 5) is 11.2. The van der Waals surface area contributed by atoms with Gasteiger partial charge < -0.3 is 5.32 Å². The molecule has 2 rings (SSSR count). The van der Waals surface area contributed by atoms with Crippen LogP contribution in [0.1, 0.15) is 31.2 Å². The zero-order chi connectivity index (χ0) is 11.4. The first-order valence-corrected chi connectivity index (χ1v) is 5.99. The Hall–Kier alpha value is -1.00. The normalized spacial score (nSPS) is 17.9. The fourth-order valence-electron chi connectivity index (χ4n) is 1.81. The maximum Gasteiger partial charge on any atom is 0.142 e. The third kappa shape index (κ3) is 3.00. The molecule has 1 aromatic heterocycles. The van der Waals surface area contributed by atoms with E-state index in [0.29, 0.717) is 5.92 Å². The summed E-state index contributed by atoms with van der Waals surface area (Å²) in [5, 5.41) is 3.34. The second kappa shape index (κ2) is 5.37. The maximum atomic E-state index is 4.42. The first kappa shape index (κ1) is 11.5. The number of nitrogens with one attached hydrogen (secondary N) is 1. The lowest BCUT2D eigenvalue weighted by Crippen LogP contribution is -2.43. The van der Waals surface area contributed by atoms with E-state index in [0.717, 1.165) is 38.5 Å². The van der Waals surface area contributed by atoms with E-state index in [-0.39, 0.29) is 0 Å². The summed E-state index contributed by atoms with van der Waals surface area (Å²) in [6.45, 7) is 9.53. The Morgan fingerprint density at radius 2 is 1.88 bits per heavy atom. The zero-order valence-electron chi connectivity index (χ0n) is 10.1. The largest absolute Gasteiger partial charge is 0.314 e. The summed E-state index contributed by atoms with van der Waals surface area (Å²) in [5.41, 5.74) is 1.21. The van der Waals surface area contributed by atoms with Gasteiger partial charge in [0, 0.05) is 38.6 Å². The molecule has 0 atom stereocenters. The fourth-order valence-corrected chi connectivity index (χ4v) is 1.81. The van der Waals surface area contributed by atoms with E-state index >= 15 is 0 Å². The molecule has 16 heavy (non-hydrogen) atoms. The first-order valence-electron chi connectivity index (χ1n) is 5.99. The van der Waals surface area contributed by atoms with Crippen LogP contribution in [0, 0.1) is 0 Å². The second-order valence-corrected chi connectivity index (χ2v) is 4.61. The van der Waals surface area contributed by atoms with Crippen molar-refractivity contribution in [2.75, 3.05) is 26.2 Å². The van der Waals surface area contributed by atoms with Gasteiger partial charge in [0.05, 0.1) is 6.54 Å². The number of aromatic nitrogens is 2. The van der Waals surface area contributed by atoms with Gasteiger partial charge >= 0.3 is 0 Å². The fraction of sp³-hybridized carbons (Fsp3) is 0.667. The molecule has 0 aromatic carbocycles. The van der Waals surface area contributed by atoms with Crippen LogP contribution in [0.5, 0.6) is 0 Å². The van der Waals surface area contributed by atoms with Crippen LogP contribution >= 0.6 is 0 Å². The van der Waals surface area contributed by atoms with Crippen molar-refractivity contribution in [1.29, 1.82) is 0 Å². The highest BCUT2D eigenvalue weighted by molar-refractivity contribution is 5.09. The van der Waals surface area contributed by atoms with E-state index in [1.807, 2.05) is 12.4 Å². The molecule has 1 N–H and O–H groups in total. The summed E-state index contributed by atoms with van der Waals surface area (Å²) >= 11 is 0. The lowest BCUT2D eigenvalue weighted by atomic mass is 10.1. The Morgan fingerprint density at radius 1 is 1.25 bits per heavy atom. The van der Waals surface area contributed by atoms with Crippen molar-refractivity contribution in [3.8, 4) is 0 Å². The van der Waals surface area contributed by atoms with Crippen LogP contribution in [-0.2, 0) is 6.54 Å². The number of piperazine rings is 1. The van der Waals surface area contributed by atoms with Crippen molar-refractivity contribution in [2.45, 2.75) is 26.3 Å². The Balaban J connectivity index is 1.93. The predicted octanol–water partition coefficient (Wildman–Crippen LogP) is 1.01. The summed E-state index contributed by atoms with van der Waals surface area (Å²) in [6, 6.07) is 0. The molecule has 2 heterocycles. The Labute approximate surface area is 97.1 Å². The average molecular weight is 220 g/mol. The quantitative estimate of drug-likeness (QED) is 0.825. The van der Waals surface area contributed by atoms with E-state index in [1.165, 1.54) is 5.56 Å². The molecule has 1 fully saturated rings. The van der Waals surface area contributed by atoms with Gasteiger partial charge in [-0.15, -0.1) is 0 Å². The van der Waals surface area contributed by atoms with Crippen molar-refractivity contribution in [3.05, 3.63) is 23.8 Å². The van der Waals surface area contributed by atoms with Gasteiger partial charge in [0.15, 0.2) is 0 Å². The van der Waals surface area contributed by atoms with Crippen LogP contribution in [0.2, 0.25) is 0 Å². The van der Waals surface area contributed by atoms with Gasteiger partial charge in [-0.05, 0) is 11.5 Å². The number of rotatable bonds is 3. The van der Waals surface area contributed by atoms with Gasteiger partial charge in [0.2, 0.25) is 0 Å². The first-order chi connectivity index (χ1) is 7.75. The van der Waals surface area contributed by atoms with E-state index < -0.39 is 0 Å². The zero-order valence-corrected chi connectivity index (χ0v) is 10.1. The molecular formula is C12H20N4. The van der Waals surface area contributed by atoms with E-state index in [9.17, 15) is 0 Å². The van der Waals surface area contributed by atoms with Crippen molar-refractivity contribution in [3.63, 3.8) is 0 Å². The highest BCUT2D eigenvalue weighted by atomic mass is 15.2. The lowest BCUT2D eigenvalue weighted by molar-refractivity contribution is 0.228. The van der Waals surface area contributed by atoms with Gasteiger partial charge in [-0.2, -0.15) is 0 Å². The van der Waals surface area contributed by atoms with Crippen molar-refractivity contribution >= 4 is 0 Å². The smallest absolute Gasteiger partial charge is 0.142 e. The highest BCUT2D eigenvalue weighted by Gasteiger charge is 2.11. The molecule has 0 unspecified atom stereocenters. The SMILES string of the molecule is CC(C)c1cnc(CN2CCNCC2)nc1. The summed E-state index contributed by atoms with van der Waals surface area (Å²) in [6.07, 6.45) is 3.91. The maximum absolute atomic E-state index is 4.42. The third-order valence-electron chi connectivity index (χ3n) is 2.97.